The molecular formula is C7H8N2O3S. The van der Waals surface area contributed by atoms with Gasteiger partial charge in [-0.3, -0.25) is 9.78 Å². The van der Waals surface area contributed by atoms with Crippen molar-refractivity contribution < 1.29 is 14.7 Å². The van der Waals surface area contributed by atoms with Gasteiger partial charge in [0.2, 0.25) is 5.91 Å². The molecule has 1 heterocycles. The minimum absolute atomic E-state index is 0.374. The zero-order chi connectivity index (χ0) is 9.84. The number of thiazole rings is 1. The summed E-state index contributed by atoms with van der Waals surface area (Å²) in [6.45, 7) is 1.27. The second kappa shape index (κ2) is 3.99. The third kappa shape index (κ3) is 2.51. The maximum Gasteiger partial charge on any atom is 0.331 e. The van der Waals surface area contributed by atoms with Crippen molar-refractivity contribution in [2.24, 2.45) is 0 Å². The summed E-state index contributed by atoms with van der Waals surface area (Å²) >= 11 is 1.19. The number of amides is 1. The number of carboxylic acids is 1. The van der Waals surface area contributed by atoms with Gasteiger partial charge in [0.25, 0.3) is 0 Å². The van der Waals surface area contributed by atoms with Crippen LogP contribution in [0.4, 0.5) is 0 Å². The standard InChI is InChI=1S/C7H8N2O3S/c1-4(10)9-6(7(11)12)5-2-8-3-13-5/h2-3,6H,1H3,(H,9,10)(H,11,12). The van der Waals surface area contributed by atoms with E-state index in [1.165, 1.54) is 30.0 Å². The fourth-order valence-electron chi connectivity index (χ4n) is 0.826. The van der Waals surface area contributed by atoms with Gasteiger partial charge in [0, 0.05) is 13.1 Å². The summed E-state index contributed by atoms with van der Waals surface area (Å²) in [6.07, 6.45) is 1.43. The summed E-state index contributed by atoms with van der Waals surface area (Å²) in [6, 6.07) is -0.981. The Bertz CT molecular complexity index is 310. The van der Waals surface area contributed by atoms with E-state index in [-0.39, 0.29) is 5.91 Å². The topological polar surface area (TPSA) is 79.3 Å². The first-order valence-electron chi connectivity index (χ1n) is 3.49. The van der Waals surface area contributed by atoms with Gasteiger partial charge in [0.15, 0.2) is 6.04 Å². The lowest BCUT2D eigenvalue weighted by molar-refractivity contribution is -0.141. The van der Waals surface area contributed by atoms with Gasteiger partial charge in [-0.05, 0) is 0 Å². The van der Waals surface area contributed by atoms with Crippen LogP contribution in [0.2, 0.25) is 0 Å². The van der Waals surface area contributed by atoms with Gasteiger partial charge in [-0.1, -0.05) is 0 Å². The largest absolute Gasteiger partial charge is 0.479 e. The number of aliphatic carboxylic acids is 1. The summed E-state index contributed by atoms with van der Waals surface area (Å²) in [7, 11) is 0. The van der Waals surface area contributed by atoms with Crippen molar-refractivity contribution in [2.45, 2.75) is 13.0 Å². The first-order valence-corrected chi connectivity index (χ1v) is 4.37. The van der Waals surface area contributed by atoms with Gasteiger partial charge < -0.3 is 10.4 Å². The van der Waals surface area contributed by atoms with Crippen molar-refractivity contribution in [3.8, 4) is 0 Å². The SMILES string of the molecule is CC(=O)NC(C(=O)O)c1cncs1. The molecule has 1 amide bonds. The van der Waals surface area contributed by atoms with E-state index in [0.29, 0.717) is 4.88 Å². The second-order valence-electron chi connectivity index (χ2n) is 2.38. The van der Waals surface area contributed by atoms with Crippen LogP contribution in [0.1, 0.15) is 17.8 Å². The normalized spacial score (nSPS) is 12.1. The molecule has 13 heavy (non-hydrogen) atoms. The number of hydrogen-bond acceptors (Lipinski definition) is 4. The number of carbonyl (C=O) groups is 2. The van der Waals surface area contributed by atoms with Gasteiger partial charge in [-0.25, -0.2) is 4.79 Å². The molecule has 0 fully saturated rings. The highest BCUT2D eigenvalue weighted by molar-refractivity contribution is 7.09. The maximum absolute atomic E-state index is 10.7. The fraction of sp³-hybridized carbons (Fsp3) is 0.286. The Labute approximate surface area is 78.4 Å². The summed E-state index contributed by atoms with van der Waals surface area (Å²) in [5.41, 5.74) is 1.52. The predicted octanol–water partition coefficient (Wildman–Crippen LogP) is 0.405. The van der Waals surface area contributed by atoms with Gasteiger partial charge in [0.05, 0.1) is 10.4 Å². The molecule has 1 aromatic heterocycles. The second-order valence-corrected chi connectivity index (χ2v) is 3.29. The number of aromatic nitrogens is 1. The van der Waals surface area contributed by atoms with Crippen molar-refractivity contribution in [1.29, 1.82) is 0 Å². The third-order valence-corrected chi connectivity index (χ3v) is 2.17. The lowest BCUT2D eigenvalue weighted by atomic mass is 10.2. The van der Waals surface area contributed by atoms with E-state index in [9.17, 15) is 9.59 Å². The zero-order valence-electron chi connectivity index (χ0n) is 6.85. The molecule has 0 aliphatic rings. The number of nitrogens with zero attached hydrogens (tertiary/aromatic N) is 1. The highest BCUT2D eigenvalue weighted by Crippen LogP contribution is 2.16. The highest BCUT2D eigenvalue weighted by atomic mass is 32.1. The van der Waals surface area contributed by atoms with E-state index in [4.69, 9.17) is 5.11 Å². The number of rotatable bonds is 3. The van der Waals surface area contributed by atoms with Crippen LogP contribution in [0.5, 0.6) is 0 Å². The van der Waals surface area contributed by atoms with Crippen LogP contribution < -0.4 is 5.32 Å². The first-order chi connectivity index (χ1) is 6.11. The minimum atomic E-state index is -1.08. The Hall–Kier alpha value is -1.43. The Balaban J connectivity index is 2.81. The number of nitrogens with one attached hydrogen (secondary N) is 1. The zero-order valence-corrected chi connectivity index (χ0v) is 7.67. The molecule has 1 aromatic rings. The van der Waals surface area contributed by atoms with Crippen LogP contribution in [0.25, 0.3) is 0 Å². The molecule has 6 heteroatoms. The van der Waals surface area contributed by atoms with Crippen LogP contribution in [0, 0.1) is 0 Å². The monoisotopic (exact) mass is 200 g/mol. The number of hydrogen-bond donors (Lipinski definition) is 2. The van der Waals surface area contributed by atoms with E-state index in [1.807, 2.05) is 0 Å². The average molecular weight is 200 g/mol. The Morgan fingerprint density at radius 1 is 1.69 bits per heavy atom. The maximum atomic E-state index is 10.7. The Kier molecular flexibility index (Phi) is 2.97. The molecular weight excluding hydrogens is 192 g/mol. The molecule has 1 atom stereocenters. The van der Waals surface area contributed by atoms with Gasteiger partial charge >= 0.3 is 5.97 Å². The molecule has 2 N–H and O–H groups in total. The smallest absolute Gasteiger partial charge is 0.331 e. The van der Waals surface area contributed by atoms with Crippen LogP contribution in [0.15, 0.2) is 11.7 Å². The van der Waals surface area contributed by atoms with Crippen LogP contribution in [-0.4, -0.2) is 22.0 Å². The molecule has 1 rings (SSSR count). The van der Waals surface area contributed by atoms with Crippen LogP contribution in [0.3, 0.4) is 0 Å². The molecule has 70 valence electrons. The first kappa shape index (κ1) is 9.66. The summed E-state index contributed by atoms with van der Waals surface area (Å²) in [5.74, 6) is -1.46. The van der Waals surface area contributed by atoms with Crippen molar-refractivity contribution in [3.05, 3.63) is 16.6 Å². The number of carbonyl (C=O) groups excluding carboxylic acids is 1. The summed E-state index contributed by atoms with van der Waals surface area (Å²) in [5, 5.41) is 11.1. The minimum Gasteiger partial charge on any atom is -0.479 e. The fourth-order valence-corrected chi connectivity index (χ4v) is 1.49. The van der Waals surface area contributed by atoms with Gasteiger partial charge in [-0.15, -0.1) is 11.3 Å². The molecule has 0 spiro atoms. The van der Waals surface area contributed by atoms with Crippen molar-refractivity contribution in [1.82, 2.24) is 10.3 Å². The summed E-state index contributed by atoms with van der Waals surface area (Å²) < 4.78 is 0. The molecule has 0 bridgehead atoms. The van der Waals surface area contributed by atoms with E-state index in [2.05, 4.69) is 10.3 Å². The summed E-state index contributed by atoms with van der Waals surface area (Å²) in [4.78, 5) is 25.6. The highest BCUT2D eigenvalue weighted by Gasteiger charge is 2.21. The molecule has 0 aliphatic heterocycles. The van der Waals surface area contributed by atoms with E-state index in [1.54, 1.807) is 0 Å². The molecule has 0 saturated carbocycles. The molecule has 5 nitrogen and oxygen atoms in total. The predicted molar refractivity (Wildman–Crippen MR) is 46.3 cm³/mol. The lowest BCUT2D eigenvalue weighted by Crippen LogP contribution is -2.31. The van der Waals surface area contributed by atoms with E-state index >= 15 is 0 Å². The van der Waals surface area contributed by atoms with E-state index in [0.717, 1.165) is 0 Å². The van der Waals surface area contributed by atoms with E-state index < -0.39 is 12.0 Å². The molecule has 1 unspecified atom stereocenters. The quantitative estimate of drug-likeness (QED) is 0.740. The van der Waals surface area contributed by atoms with Crippen molar-refractivity contribution in [3.63, 3.8) is 0 Å². The van der Waals surface area contributed by atoms with Crippen LogP contribution in [-0.2, 0) is 9.59 Å². The lowest BCUT2D eigenvalue weighted by Gasteiger charge is -2.09. The average Bonchev–Trinajstić information content (AvgIpc) is 2.50. The number of carboxylic acid groups (broad SMARTS) is 1. The van der Waals surface area contributed by atoms with Gasteiger partial charge in [0.1, 0.15) is 0 Å². The molecule has 0 radical (unpaired) electrons. The van der Waals surface area contributed by atoms with Gasteiger partial charge in [-0.2, -0.15) is 0 Å². The Morgan fingerprint density at radius 3 is 2.77 bits per heavy atom. The molecule has 0 aromatic carbocycles. The van der Waals surface area contributed by atoms with Crippen molar-refractivity contribution >= 4 is 23.2 Å². The third-order valence-electron chi connectivity index (χ3n) is 1.33. The molecule has 0 saturated heterocycles. The van der Waals surface area contributed by atoms with Crippen molar-refractivity contribution in [2.75, 3.05) is 0 Å². The Morgan fingerprint density at radius 2 is 2.38 bits per heavy atom. The molecule has 0 aliphatic carbocycles. The van der Waals surface area contributed by atoms with Crippen LogP contribution >= 0.6 is 11.3 Å².